The highest BCUT2D eigenvalue weighted by molar-refractivity contribution is 6.11. The van der Waals surface area contributed by atoms with E-state index in [1.54, 1.807) is 6.92 Å². The first-order chi connectivity index (χ1) is 6.45. The summed E-state index contributed by atoms with van der Waals surface area (Å²) in [5.74, 6) is 0.351. The zero-order chi connectivity index (χ0) is 11.3. The van der Waals surface area contributed by atoms with Crippen LogP contribution in [0.5, 0.6) is 0 Å². The van der Waals surface area contributed by atoms with Gasteiger partial charge in [-0.1, -0.05) is 25.8 Å². The van der Waals surface area contributed by atoms with E-state index in [0.29, 0.717) is 22.6 Å². The molecule has 0 aliphatic heterocycles. The van der Waals surface area contributed by atoms with Gasteiger partial charge >= 0.3 is 0 Å². The lowest BCUT2D eigenvalue weighted by molar-refractivity contribution is 0.301. The molecule has 0 amide bonds. The van der Waals surface area contributed by atoms with Gasteiger partial charge in [-0.25, -0.2) is 0 Å². The average molecular weight is 192 g/mol. The van der Waals surface area contributed by atoms with Gasteiger partial charge in [-0.3, -0.25) is 5.41 Å². The summed E-state index contributed by atoms with van der Waals surface area (Å²) in [4.78, 5) is 0. The Morgan fingerprint density at radius 2 is 1.93 bits per heavy atom. The number of hydrogen-bond donors (Lipinski definition) is 2. The van der Waals surface area contributed by atoms with E-state index < -0.39 is 0 Å². The number of rotatable bonds is 5. The number of ether oxygens (including phenoxy) is 1. The van der Waals surface area contributed by atoms with E-state index in [1.165, 1.54) is 13.2 Å². The van der Waals surface area contributed by atoms with Gasteiger partial charge in [0.15, 0.2) is 0 Å². The average Bonchev–Trinajstić information content (AvgIpc) is 2.23. The van der Waals surface area contributed by atoms with Crippen LogP contribution in [0, 0.1) is 5.41 Å². The fourth-order valence-electron chi connectivity index (χ4n) is 0.797. The molecule has 76 valence electrons. The number of nitrogens with two attached hydrogens (primary N) is 1. The molecule has 0 aromatic carbocycles. The lowest BCUT2D eigenvalue weighted by Crippen LogP contribution is -2.11. The molecule has 0 saturated heterocycles. The van der Waals surface area contributed by atoms with E-state index in [4.69, 9.17) is 15.9 Å². The fraction of sp³-hybridized carbons (Fsp3) is 0.182. The van der Waals surface area contributed by atoms with Crippen LogP contribution in [0.1, 0.15) is 6.92 Å². The van der Waals surface area contributed by atoms with Crippen LogP contribution in [0.4, 0.5) is 0 Å². The highest BCUT2D eigenvalue weighted by Gasteiger charge is 2.08. The highest BCUT2D eigenvalue weighted by atomic mass is 16.5. The first-order valence-electron chi connectivity index (χ1n) is 4.06. The van der Waals surface area contributed by atoms with Gasteiger partial charge in [0.2, 0.25) is 0 Å². The summed E-state index contributed by atoms with van der Waals surface area (Å²) >= 11 is 0. The van der Waals surface area contributed by atoms with Crippen LogP contribution < -0.4 is 5.73 Å². The SMILES string of the molecule is C=CC(=C)C(=N)/C(C)=C(\N)C(=C)OC. The molecule has 0 radical (unpaired) electrons. The maximum atomic E-state index is 7.69. The standard InChI is InChI=1S/C11H16N2O/c1-6-7(2)10(12)8(3)11(13)9(4)14-5/h6,12H,1-2,4,13H2,3,5H3/b11-8-,12-10?. The van der Waals surface area contributed by atoms with Gasteiger partial charge in [0.1, 0.15) is 5.76 Å². The Morgan fingerprint density at radius 1 is 1.43 bits per heavy atom. The zero-order valence-electron chi connectivity index (χ0n) is 8.68. The lowest BCUT2D eigenvalue weighted by Gasteiger charge is -2.10. The Labute approximate surface area is 84.8 Å². The smallest absolute Gasteiger partial charge is 0.134 e. The highest BCUT2D eigenvalue weighted by Crippen LogP contribution is 2.12. The van der Waals surface area contributed by atoms with Crippen molar-refractivity contribution < 1.29 is 4.74 Å². The third kappa shape index (κ3) is 2.62. The summed E-state index contributed by atoms with van der Waals surface area (Å²) in [6, 6.07) is 0. The van der Waals surface area contributed by atoms with Crippen molar-refractivity contribution in [3.8, 4) is 0 Å². The molecule has 0 spiro atoms. The molecule has 0 bridgehead atoms. The van der Waals surface area contributed by atoms with Crippen molar-refractivity contribution in [1.82, 2.24) is 0 Å². The monoisotopic (exact) mass is 192 g/mol. The molecule has 3 nitrogen and oxygen atoms in total. The molecule has 0 unspecified atom stereocenters. The van der Waals surface area contributed by atoms with Crippen LogP contribution >= 0.6 is 0 Å². The molecule has 14 heavy (non-hydrogen) atoms. The number of methoxy groups -OCH3 is 1. The molecule has 0 fully saturated rings. The molecule has 0 aromatic heterocycles. The van der Waals surface area contributed by atoms with E-state index in [1.807, 2.05) is 0 Å². The predicted molar refractivity (Wildman–Crippen MR) is 60.1 cm³/mol. The van der Waals surface area contributed by atoms with Crippen molar-refractivity contribution >= 4 is 5.71 Å². The van der Waals surface area contributed by atoms with Crippen LogP contribution in [0.15, 0.2) is 48.4 Å². The normalized spacial score (nSPS) is 11.3. The molecule has 0 atom stereocenters. The van der Waals surface area contributed by atoms with Crippen LogP contribution in [-0.4, -0.2) is 12.8 Å². The summed E-state index contributed by atoms with van der Waals surface area (Å²) in [6.45, 7) is 12.5. The largest absolute Gasteiger partial charge is 0.495 e. The second-order valence-corrected chi connectivity index (χ2v) is 2.77. The molecule has 0 heterocycles. The summed E-state index contributed by atoms with van der Waals surface area (Å²) in [6.07, 6.45) is 1.51. The number of nitrogens with one attached hydrogen (secondary N) is 1. The van der Waals surface area contributed by atoms with Gasteiger partial charge in [0, 0.05) is 5.57 Å². The van der Waals surface area contributed by atoms with Gasteiger partial charge in [-0.05, 0) is 12.5 Å². The van der Waals surface area contributed by atoms with Crippen molar-refractivity contribution in [3.05, 3.63) is 48.4 Å². The van der Waals surface area contributed by atoms with Gasteiger partial charge in [-0.2, -0.15) is 0 Å². The second-order valence-electron chi connectivity index (χ2n) is 2.77. The van der Waals surface area contributed by atoms with Crippen molar-refractivity contribution in [2.75, 3.05) is 7.11 Å². The van der Waals surface area contributed by atoms with Crippen molar-refractivity contribution in [2.45, 2.75) is 6.92 Å². The molecule has 0 saturated carbocycles. The number of allylic oxidation sites excluding steroid dienone is 3. The van der Waals surface area contributed by atoms with Gasteiger partial charge < -0.3 is 10.5 Å². The predicted octanol–water partition coefficient (Wildman–Crippen LogP) is 2.14. The summed E-state index contributed by atoms with van der Waals surface area (Å²) in [7, 11) is 1.48. The van der Waals surface area contributed by atoms with E-state index in [2.05, 4.69) is 19.7 Å². The van der Waals surface area contributed by atoms with Crippen molar-refractivity contribution in [1.29, 1.82) is 5.41 Å². The van der Waals surface area contributed by atoms with E-state index >= 15 is 0 Å². The third-order valence-electron chi connectivity index (χ3n) is 1.89. The first-order valence-corrected chi connectivity index (χ1v) is 4.06. The minimum Gasteiger partial charge on any atom is -0.495 e. The molecular formula is C11H16N2O. The minimum atomic E-state index is 0.246. The van der Waals surface area contributed by atoms with Crippen LogP contribution in [0.25, 0.3) is 0 Å². The molecule has 3 N–H and O–H groups in total. The second kappa shape index (κ2) is 5.07. The van der Waals surface area contributed by atoms with Gasteiger partial charge in [0.25, 0.3) is 0 Å². The Balaban J connectivity index is 5.01. The van der Waals surface area contributed by atoms with E-state index in [0.717, 1.165) is 0 Å². The summed E-state index contributed by atoms with van der Waals surface area (Å²) in [5, 5.41) is 7.69. The summed E-state index contributed by atoms with van der Waals surface area (Å²) < 4.78 is 4.87. The molecule has 0 aromatic rings. The van der Waals surface area contributed by atoms with Crippen molar-refractivity contribution in [3.63, 3.8) is 0 Å². The molecule has 3 heteroatoms. The number of hydrogen-bond acceptors (Lipinski definition) is 3. The molecular weight excluding hydrogens is 176 g/mol. The van der Waals surface area contributed by atoms with Crippen LogP contribution in [0.2, 0.25) is 0 Å². The Hall–Kier alpha value is -1.77. The molecule has 0 aliphatic carbocycles. The topological polar surface area (TPSA) is 59.1 Å². The van der Waals surface area contributed by atoms with Crippen LogP contribution in [0.3, 0.4) is 0 Å². The van der Waals surface area contributed by atoms with E-state index in [-0.39, 0.29) is 5.71 Å². The maximum absolute atomic E-state index is 7.69. The minimum absolute atomic E-state index is 0.246. The Kier molecular flexibility index (Phi) is 4.43. The third-order valence-corrected chi connectivity index (χ3v) is 1.89. The maximum Gasteiger partial charge on any atom is 0.134 e. The first kappa shape index (κ1) is 12.2. The molecule has 0 rings (SSSR count). The quantitative estimate of drug-likeness (QED) is 0.398. The van der Waals surface area contributed by atoms with Crippen LogP contribution in [-0.2, 0) is 4.74 Å². The Bertz CT molecular complexity index is 324. The van der Waals surface area contributed by atoms with Crippen molar-refractivity contribution in [2.24, 2.45) is 5.73 Å². The Morgan fingerprint density at radius 3 is 2.29 bits per heavy atom. The fourth-order valence-corrected chi connectivity index (χ4v) is 0.797. The van der Waals surface area contributed by atoms with E-state index in [9.17, 15) is 0 Å². The molecule has 0 aliphatic rings. The van der Waals surface area contributed by atoms with Gasteiger partial charge in [-0.15, -0.1) is 0 Å². The lowest BCUT2D eigenvalue weighted by atomic mass is 10.0. The van der Waals surface area contributed by atoms with Gasteiger partial charge in [0.05, 0.1) is 18.5 Å². The zero-order valence-corrected chi connectivity index (χ0v) is 8.68. The summed E-state index contributed by atoms with van der Waals surface area (Å²) in [5.41, 5.74) is 7.42.